The summed E-state index contributed by atoms with van der Waals surface area (Å²) in [4.78, 5) is 35.5. The minimum atomic E-state index is -4.57. The number of likely N-dealkylation sites (N-methyl/N-ethyl adjacent to an activating group) is 1. The number of ether oxygens (including phenoxy) is 1. The van der Waals surface area contributed by atoms with Crippen LogP contribution in [-0.2, 0) is 24.3 Å². The second kappa shape index (κ2) is 10.6. The molecule has 0 spiro atoms. The van der Waals surface area contributed by atoms with Gasteiger partial charge in [-0.05, 0) is 40.8 Å². The number of hydrogen-bond acceptors (Lipinski definition) is 8. The quantitative estimate of drug-likeness (QED) is 0.232. The van der Waals surface area contributed by atoms with Crippen LogP contribution >= 0.6 is 0 Å². The summed E-state index contributed by atoms with van der Waals surface area (Å²) in [6, 6.07) is 2.61. The number of sulfonamides is 1. The lowest BCUT2D eigenvalue weighted by atomic mass is 10.1. The summed E-state index contributed by atoms with van der Waals surface area (Å²) in [5, 5.41) is 14.1. The normalized spacial score (nSPS) is 14.0. The number of ketones is 1. The zero-order valence-electron chi connectivity index (χ0n) is 18.3. The Morgan fingerprint density at radius 2 is 1.90 bits per heavy atom. The van der Waals surface area contributed by atoms with E-state index in [1.54, 1.807) is 34.7 Å². The third-order valence-electron chi connectivity index (χ3n) is 4.29. The van der Waals surface area contributed by atoms with Crippen molar-refractivity contribution in [1.82, 2.24) is 9.62 Å². The van der Waals surface area contributed by atoms with Gasteiger partial charge >= 0.3 is 5.97 Å². The highest BCUT2D eigenvalue weighted by Gasteiger charge is 2.41. The van der Waals surface area contributed by atoms with Crippen LogP contribution < -0.4 is 5.32 Å². The number of hydrogen-bond donors (Lipinski definition) is 1. The Morgan fingerprint density at radius 3 is 2.39 bits per heavy atom. The molecule has 0 amide bonds. The Bertz CT molecular complexity index is 938. The van der Waals surface area contributed by atoms with Gasteiger partial charge in [-0.2, -0.15) is 4.31 Å². The predicted octanol–water partition coefficient (Wildman–Crippen LogP) is 2.05. The maximum Gasteiger partial charge on any atom is 0.325 e. The summed E-state index contributed by atoms with van der Waals surface area (Å²) < 4.78 is 32.9. The molecule has 1 N–H and O–H groups in total. The average Bonchev–Trinajstić information content (AvgIpc) is 2.68. The molecule has 1 rings (SSSR count). The highest BCUT2D eigenvalue weighted by atomic mass is 32.2. The van der Waals surface area contributed by atoms with E-state index >= 15 is 0 Å². The molecule has 0 saturated heterocycles. The van der Waals surface area contributed by atoms with Crippen molar-refractivity contribution in [3.63, 3.8) is 0 Å². The molecule has 0 fully saturated rings. The molecule has 0 aliphatic heterocycles. The first kappa shape index (κ1) is 26.4. The van der Waals surface area contributed by atoms with Crippen molar-refractivity contribution in [3.05, 3.63) is 47.0 Å². The lowest BCUT2D eigenvalue weighted by molar-refractivity contribution is -0.387. The Hall–Kier alpha value is -2.63. The first-order valence-electron chi connectivity index (χ1n) is 9.55. The van der Waals surface area contributed by atoms with Crippen molar-refractivity contribution in [3.8, 4) is 0 Å². The largest absolute Gasteiger partial charge is 0.459 e. The number of nitro groups is 1. The second-order valence-electron chi connectivity index (χ2n) is 7.82. The molecule has 1 aromatic rings. The summed E-state index contributed by atoms with van der Waals surface area (Å²) in [5.74, 6) is -1.36. The number of para-hydroxylation sites is 1. The minimum absolute atomic E-state index is 0.362. The number of nitrogens with zero attached hydrogens (tertiary/aromatic N) is 2. The number of Topliss-reactive ketones (excluding diaryl/α,β-unsaturated/α-hetero) is 1. The van der Waals surface area contributed by atoms with Crippen LogP contribution in [0.4, 0.5) is 5.69 Å². The van der Waals surface area contributed by atoms with E-state index in [1.807, 2.05) is 0 Å². The van der Waals surface area contributed by atoms with Crippen LogP contribution in [0, 0.1) is 10.1 Å². The lowest BCUT2D eigenvalue weighted by Crippen LogP contribution is -2.50. The van der Waals surface area contributed by atoms with E-state index in [4.69, 9.17) is 4.74 Å². The van der Waals surface area contributed by atoms with Gasteiger partial charge in [0, 0.05) is 19.0 Å². The fraction of sp³-hybridized carbons (Fsp3) is 0.500. The summed E-state index contributed by atoms with van der Waals surface area (Å²) in [6.07, 6.45) is 0.750. The van der Waals surface area contributed by atoms with E-state index in [0.29, 0.717) is 0 Å². The number of benzene rings is 1. The van der Waals surface area contributed by atoms with Crippen LogP contribution in [0.3, 0.4) is 0 Å². The molecule has 0 radical (unpaired) electrons. The molecule has 0 heterocycles. The third-order valence-corrected chi connectivity index (χ3v) is 6.22. The predicted molar refractivity (Wildman–Crippen MR) is 115 cm³/mol. The molecule has 0 bridgehead atoms. The van der Waals surface area contributed by atoms with Crippen LogP contribution in [0.25, 0.3) is 0 Å². The van der Waals surface area contributed by atoms with Gasteiger partial charge in [0.25, 0.3) is 15.7 Å². The molecule has 31 heavy (non-hydrogen) atoms. The monoisotopic (exact) mass is 455 g/mol. The molecule has 0 saturated carbocycles. The summed E-state index contributed by atoms with van der Waals surface area (Å²) in [5.41, 5.74) is -1.59. The summed E-state index contributed by atoms with van der Waals surface area (Å²) in [6.45, 7) is 9.55. The minimum Gasteiger partial charge on any atom is -0.459 e. The maximum atomic E-state index is 13.4. The van der Waals surface area contributed by atoms with Crippen LogP contribution in [0.2, 0.25) is 0 Å². The van der Waals surface area contributed by atoms with Crippen molar-refractivity contribution < 1.29 is 27.7 Å². The van der Waals surface area contributed by atoms with Gasteiger partial charge in [-0.15, -0.1) is 6.58 Å². The fourth-order valence-corrected chi connectivity index (χ4v) is 4.38. The standard InChI is InChI=1S/C20H29N3O7S/c1-7-12-22(31(28,29)18-11-9-8-10-15(18)23(26)27)16(13-17(24)14(2)21-6)19(25)30-20(3,4)5/h7-11,14,16,21H,1,12-13H2,2-6H3/t14-,16?/m0/s1. The Kier molecular flexibility index (Phi) is 9.03. The van der Waals surface area contributed by atoms with E-state index in [0.717, 1.165) is 16.4 Å². The molecular weight excluding hydrogens is 426 g/mol. The van der Waals surface area contributed by atoms with Gasteiger partial charge < -0.3 is 10.1 Å². The molecule has 172 valence electrons. The van der Waals surface area contributed by atoms with E-state index < -0.39 is 61.4 Å². The van der Waals surface area contributed by atoms with Gasteiger partial charge in [0.1, 0.15) is 11.6 Å². The molecule has 2 atom stereocenters. The zero-order chi connectivity index (χ0) is 24.0. The SMILES string of the molecule is C=CCN(C(CC(=O)[C@H](C)NC)C(=O)OC(C)(C)C)S(=O)(=O)c1ccccc1[N+](=O)[O-]. The Labute approximate surface area is 182 Å². The van der Waals surface area contributed by atoms with Gasteiger partial charge in [0.15, 0.2) is 10.7 Å². The first-order chi connectivity index (χ1) is 14.3. The highest BCUT2D eigenvalue weighted by molar-refractivity contribution is 7.89. The Morgan fingerprint density at radius 1 is 1.32 bits per heavy atom. The van der Waals surface area contributed by atoms with Gasteiger partial charge in [-0.3, -0.25) is 19.7 Å². The van der Waals surface area contributed by atoms with Gasteiger partial charge in [-0.1, -0.05) is 18.2 Å². The van der Waals surface area contributed by atoms with Gasteiger partial charge in [0.05, 0.1) is 11.0 Å². The molecule has 0 aliphatic carbocycles. The average molecular weight is 456 g/mol. The number of nitrogens with one attached hydrogen (secondary N) is 1. The first-order valence-corrected chi connectivity index (χ1v) is 11.0. The third kappa shape index (κ3) is 6.94. The molecular formula is C20H29N3O7S. The van der Waals surface area contributed by atoms with E-state index in [-0.39, 0.29) is 6.54 Å². The maximum absolute atomic E-state index is 13.4. The van der Waals surface area contributed by atoms with Gasteiger partial charge in [0.2, 0.25) is 0 Å². The van der Waals surface area contributed by atoms with E-state index in [2.05, 4.69) is 11.9 Å². The van der Waals surface area contributed by atoms with Crippen molar-refractivity contribution >= 4 is 27.5 Å². The molecule has 0 aromatic heterocycles. The number of rotatable bonds is 11. The summed E-state index contributed by atoms with van der Waals surface area (Å²) >= 11 is 0. The molecule has 0 aliphatic rings. The smallest absolute Gasteiger partial charge is 0.325 e. The van der Waals surface area contributed by atoms with Crippen LogP contribution in [0.15, 0.2) is 41.8 Å². The van der Waals surface area contributed by atoms with Crippen molar-refractivity contribution in [1.29, 1.82) is 0 Å². The van der Waals surface area contributed by atoms with Crippen molar-refractivity contribution in [2.75, 3.05) is 13.6 Å². The van der Waals surface area contributed by atoms with E-state index in [9.17, 15) is 28.1 Å². The topological polar surface area (TPSA) is 136 Å². The molecule has 1 unspecified atom stereocenters. The van der Waals surface area contributed by atoms with Crippen LogP contribution in [0.1, 0.15) is 34.1 Å². The number of carbonyl (C=O) groups excluding carboxylic acids is 2. The summed E-state index contributed by atoms with van der Waals surface area (Å²) in [7, 11) is -3.02. The van der Waals surface area contributed by atoms with Crippen LogP contribution in [0.5, 0.6) is 0 Å². The number of carbonyl (C=O) groups is 2. The Balaban J connectivity index is 3.61. The number of nitro benzene ring substituents is 1. The van der Waals surface area contributed by atoms with Crippen molar-refractivity contribution in [2.45, 2.75) is 56.7 Å². The molecule has 11 heteroatoms. The van der Waals surface area contributed by atoms with Crippen LogP contribution in [-0.4, -0.2) is 60.7 Å². The second-order valence-corrected chi connectivity index (χ2v) is 9.68. The number of esters is 1. The molecule has 1 aromatic carbocycles. The van der Waals surface area contributed by atoms with Gasteiger partial charge in [-0.25, -0.2) is 8.42 Å². The zero-order valence-corrected chi connectivity index (χ0v) is 19.1. The molecule has 10 nitrogen and oxygen atoms in total. The fourth-order valence-electron chi connectivity index (χ4n) is 2.67. The van der Waals surface area contributed by atoms with E-state index in [1.165, 1.54) is 18.2 Å². The highest BCUT2D eigenvalue weighted by Crippen LogP contribution is 2.29. The lowest BCUT2D eigenvalue weighted by Gasteiger charge is -2.31. The van der Waals surface area contributed by atoms with Crippen molar-refractivity contribution in [2.24, 2.45) is 0 Å².